The summed E-state index contributed by atoms with van der Waals surface area (Å²) in [5.41, 5.74) is 10.7. The van der Waals surface area contributed by atoms with Crippen LogP contribution in [-0.4, -0.2) is 67.1 Å². The number of ether oxygens (including phenoxy) is 3. The minimum Gasteiger partial charge on any atom is -0.431 e. The molecule has 3 rings (SSSR count). The van der Waals surface area contributed by atoms with Crippen LogP contribution in [0.2, 0.25) is 0 Å². The van der Waals surface area contributed by atoms with Crippen molar-refractivity contribution in [3.63, 3.8) is 0 Å². The molecule has 0 atom stereocenters. The minimum absolute atomic E-state index is 0.0181. The molecule has 1 aromatic heterocycles. The Bertz CT molecular complexity index is 1570. The number of unbranched alkanes of at least 4 members (excludes halogenated alkanes) is 3. The fraction of sp³-hybridized carbons (Fsp3) is 0.405. The van der Waals surface area contributed by atoms with Crippen LogP contribution in [0.1, 0.15) is 81.3 Å². The number of amidine groups is 1. The first-order chi connectivity index (χ1) is 23.6. The molecule has 0 fully saturated rings. The number of aryl methyl sites for hydroxylation is 1. The van der Waals surface area contributed by atoms with Crippen LogP contribution in [0, 0.1) is 6.92 Å². The predicted octanol–water partition coefficient (Wildman–Crippen LogP) is 6.98. The van der Waals surface area contributed by atoms with E-state index in [1.165, 1.54) is 17.7 Å². The molecule has 2 aromatic carbocycles. The third-order valence-electron chi connectivity index (χ3n) is 7.23. The van der Waals surface area contributed by atoms with E-state index < -0.39 is 18.9 Å². The molecule has 0 bridgehead atoms. The molecule has 0 radical (unpaired) electrons. The van der Waals surface area contributed by atoms with Crippen LogP contribution >= 0.6 is 0 Å². The van der Waals surface area contributed by atoms with Crippen LogP contribution in [0.3, 0.4) is 0 Å². The zero-order chi connectivity index (χ0) is 35.6. The van der Waals surface area contributed by atoms with Crippen LogP contribution in [0.4, 0.5) is 22.0 Å². The lowest BCUT2D eigenvalue weighted by molar-refractivity contribution is -0.153. The summed E-state index contributed by atoms with van der Waals surface area (Å²) in [4.78, 5) is 52.7. The molecule has 0 aliphatic rings. The minimum atomic E-state index is -0.939. The van der Waals surface area contributed by atoms with E-state index in [1.807, 2.05) is 44.2 Å². The summed E-state index contributed by atoms with van der Waals surface area (Å²) in [6.45, 7) is 9.97. The van der Waals surface area contributed by atoms with Gasteiger partial charge in [-0.2, -0.15) is 0 Å². The van der Waals surface area contributed by atoms with E-state index in [-0.39, 0.29) is 25.0 Å². The van der Waals surface area contributed by atoms with Crippen LogP contribution < -0.4 is 16.0 Å². The van der Waals surface area contributed by atoms with Crippen molar-refractivity contribution in [3.8, 4) is 0 Å². The highest BCUT2D eigenvalue weighted by molar-refractivity contribution is 6.06. The number of hydrogen-bond donors (Lipinski definition) is 2. The molecule has 0 aliphatic carbocycles. The molecule has 12 heteroatoms. The lowest BCUT2D eigenvalue weighted by atomic mass is 10.1. The van der Waals surface area contributed by atoms with Crippen LogP contribution in [0.15, 0.2) is 76.8 Å². The number of aromatic nitrogens is 1. The number of hydrogen-bond acceptors (Lipinski definition) is 10. The molecule has 0 unspecified atom stereocenters. The van der Waals surface area contributed by atoms with Crippen molar-refractivity contribution in [1.29, 1.82) is 0 Å². The SMILES string of the molecule is CCCCCCN=C(N)c1ccc(NCC(C)=Nc2cc(C(=O)N(CCC(=O)OCOC(=O)OC(C)C)c3ccccn3)ccc2C)cc1. The maximum absolute atomic E-state index is 13.8. The molecule has 49 heavy (non-hydrogen) atoms. The third-order valence-corrected chi connectivity index (χ3v) is 7.23. The van der Waals surface area contributed by atoms with E-state index in [4.69, 9.17) is 24.9 Å². The topological polar surface area (TPSA) is 158 Å². The summed E-state index contributed by atoms with van der Waals surface area (Å²) in [7, 11) is 0. The Hall–Kier alpha value is -5.26. The number of anilines is 2. The number of benzene rings is 2. The number of pyridine rings is 1. The van der Waals surface area contributed by atoms with Gasteiger partial charge >= 0.3 is 12.1 Å². The van der Waals surface area contributed by atoms with E-state index in [0.29, 0.717) is 29.4 Å². The molecule has 0 aliphatic heterocycles. The summed E-state index contributed by atoms with van der Waals surface area (Å²) in [6.07, 6.45) is 4.71. The van der Waals surface area contributed by atoms with E-state index in [9.17, 15) is 14.4 Å². The molecular formula is C37H48N6O6. The molecule has 262 valence electrons. The molecule has 0 saturated carbocycles. The lowest BCUT2D eigenvalue weighted by Gasteiger charge is -2.22. The fourth-order valence-electron chi connectivity index (χ4n) is 4.56. The number of carbonyl (C=O) groups excluding carboxylic acids is 3. The molecule has 12 nitrogen and oxygen atoms in total. The van der Waals surface area contributed by atoms with Crippen LogP contribution in [-0.2, 0) is 19.0 Å². The molecule has 0 spiro atoms. The second-order valence-corrected chi connectivity index (χ2v) is 11.7. The first-order valence-electron chi connectivity index (χ1n) is 16.6. The summed E-state index contributed by atoms with van der Waals surface area (Å²) in [5.74, 6) is -0.108. The zero-order valence-corrected chi connectivity index (χ0v) is 29.1. The highest BCUT2D eigenvalue weighted by Crippen LogP contribution is 2.23. The summed E-state index contributed by atoms with van der Waals surface area (Å²) < 4.78 is 14.6. The second kappa shape index (κ2) is 20.2. The summed E-state index contributed by atoms with van der Waals surface area (Å²) in [5, 5.41) is 3.38. The highest BCUT2D eigenvalue weighted by atomic mass is 16.8. The van der Waals surface area contributed by atoms with Gasteiger partial charge in [-0.1, -0.05) is 38.3 Å². The van der Waals surface area contributed by atoms with Gasteiger partial charge in [0.1, 0.15) is 11.7 Å². The average Bonchev–Trinajstić information content (AvgIpc) is 3.08. The predicted molar refractivity (Wildman–Crippen MR) is 193 cm³/mol. The number of nitrogens with two attached hydrogens (primary N) is 1. The summed E-state index contributed by atoms with van der Waals surface area (Å²) >= 11 is 0. The molecule has 1 heterocycles. The monoisotopic (exact) mass is 672 g/mol. The number of nitrogens with one attached hydrogen (secondary N) is 1. The smallest absolute Gasteiger partial charge is 0.431 e. The number of nitrogens with zero attached hydrogens (tertiary/aromatic N) is 4. The first kappa shape index (κ1) is 38.2. The Balaban J connectivity index is 1.63. The normalized spacial score (nSPS) is 11.6. The Kier molecular flexibility index (Phi) is 15.7. The van der Waals surface area contributed by atoms with Crippen molar-refractivity contribution in [1.82, 2.24) is 4.98 Å². The van der Waals surface area contributed by atoms with Crippen molar-refractivity contribution >= 4 is 46.8 Å². The van der Waals surface area contributed by atoms with Crippen molar-refractivity contribution < 1.29 is 28.6 Å². The first-order valence-corrected chi connectivity index (χ1v) is 16.6. The third kappa shape index (κ3) is 13.4. The van der Waals surface area contributed by atoms with Crippen molar-refractivity contribution in [2.24, 2.45) is 15.7 Å². The van der Waals surface area contributed by atoms with Gasteiger partial charge in [0, 0.05) is 41.8 Å². The van der Waals surface area contributed by atoms with Gasteiger partial charge in [0.25, 0.3) is 5.91 Å². The second-order valence-electron chi connectivity index (χ2n) is 11.7. The number of amides is 1. The van der Waals surface area contributed by atoms with Crippen LogP contribution in [0.25, 0.3) is 0 Å². The maximum Gasteiger partial charge on any atom is 0.511 e. The van der Waals surface area contributed by atoms with Gasteiger partial charge in [0.05, 0.1) is 24.8 Å². The van der Waals surface area contributed by atoms with E-state index in [1.54, 1.807) is 50.4 Å². The van der Waals surface area contributed by atoms with E-state index >= 15 is 0 Å². The van der Waals surface area contributed by atoms with Crippen molar-refractivity contribution in [2.75, 3.05) is 36.6 Å². The molecule has 1 amide bonds. The summed E-state index contributed by atoms with van der Waals surface area (Å²) in [6, 6.07) is 18.3. The molecule has 3 N–H and O–H groups in total. The quantitative estimate of drug-likeness (QED) is 0.0478. The lowest BCUT2D eigenvalue weighted by Crippen LogP contribution is -2.34. The molecule has 3 aromatic rings. The van der Waals surface area contributed by atoms with Gasteiger partial charge in [-0.15, -0.1) is 0 Å². The van der Waals surface area contributed by atoms with E-state index in [0.717, 1.165) is 41.9 Å². The van der Waals surface area contributed by atoms with Crippen molar-refractivity contribution in [3.05, 3.63) is 83.6 Å². The van der Waals surface area contributed by atoms with Gasteiger partial charge in [-0.25, -0.2) is 9.78 Å². The molecule has 0 saturated heterocycles. The van der Waals surface area contributed by atoms with Gasteiger partial charge in [-0.3, -0.25) is 24.5 Å². The van der Waals surface area contributed by atoms with Gasteiger partial charge in [0.15, 0.2) is 0 Å². The number of esters is 1. The Morgan fingerprint density at radius 1 is 0.980 bits per heavy atom. The van der Waals surface area contributed by atoms with Gasteiger partial charge in [-0.05, 0) is 88.2 Å². The highest BCUT2D eigenvalue weighted by Gasteiger charge is 2.21. The maximum atomic E-state index is 13.8. The zero-order valence-electron chi connectivity index (χ0n) is 29.1. The van der Waals surface area contributed by atoms with E-state index in [2.05, 4.69) is 22.2 Å². The Morgan fingerprint density at radius 3 is 2.43 bits per heavy atom. The standard InChI is InChI=1S/C37H48N6O6/c1-6-7-8-10-21-40-35(38)29-15-17-31(18-16-29)41-24-28(5)42-32-23-30(14-13-27(32)4)36(45)43(33-12-9-11-20-39-33)22-19-34(44)47-25-48-37(46)49-26(2)3/h9,11-18,20,23,26,41H,6-8,10,19,21-22,24-25H2,1-5H3,(H2,38,40). The van der Waals surface area contributed by atoms with Gasteiger partial charge < -0.3 is 25.3 Å². The largest absolute Gasteiger partial charge is 0.511 e. The average molecular weight is 673 g/mol. The van der Waals surface area contributed by atoms with Crippen LogP contribution in [0.5, 0.6) is 0 Å². The number of carbonyl (C=O) groups is 3. The fourth-order valence-corrected chi connectivity index (χ4v) is 4.56. The Labute approximate surface area is 288 Å². The molecular weight excluding hydrogens is 624 g/mol. The Morgan fingerprint density at radius 2 is 1.73 bits per heavy atom. The number of rotatable bonds is 18. The van der Waals surface area contributed by atoms with Gasteiger partial charge in [0.2, 0.25) is 6.79 Å². The number of aliphatic imine (C=N–C) groups is 2. The van der Waals surface area contributed by atoms with Crippen molar-refractivity contribution in [2.45, 2.75) is 72.8 Å².